The molecule has 6 heteroatoms. The van der Waals surface area contributed by atoms with Crippen molar-refractivity contribution < 1.29 is 9.53 Å². The maximum atomic E-state index is 12.4. The molecule has 2 N–H and O–H groups in total. The van der Waals surface area contributed by atoms with Gasteiger partial charge in [-0.05, 0) is 69.6 Å². The van der Waals surface area contributed by atoms with Gasteiger partial charge in [-0.15, -0.1) is 0 Å². The number of halogens is 1. The van der Waals surface area contributed by atoms with Crippen LogP contribution in [0.4, 0.5) is 5.69 Å². The molecule has 1 amide bonds. The number of carbonyl (C=O) groups excluding carboxylic acids is 1. The summed E-state index contributed by atoms with van der Waals surface area (Å²) >= 11 is 8.62. The molecule has 29 heavy (non-hydrogen) atoms. The van der Waals surface area contributed by atoms with Gasteiger partial charge in [0, 0.05) is 11.3 Å². The van der Waals surface area contributed by atoms with E-state index >= 15 is 0 Å². The minimum absolute atomic E-state index is 0.231. The molecule has 0 spiro atoms. The summed E-state index contributed by atoms with van der Waals surface area (Å²) in [6, 6.07) is 23.0. The lowest BCUT2D eigenvalue weighted by Gasteiger charge is -2.11. The smallest absolute Gasteiger partial charge is 0.257 e. The number of thiocarbonyl (C=S) groups is 1. The third-order valence-electron chi connectivity index (χ3n) is 4.08. The van der Waals surface area contributed by atoms with E-state index in [1.165, 1.54) is 0 Å². The summed E-state index contributed by atoms with van der Waals surface area (Å²) in [5.41, 5.74) is 3.48. The number of benzene rings is 3. The van der Waals surface area contributed by atoms with Crippen molar-refractivity contribution in [3.63, 3.8) is 0 Å². The minimum Gasteiger partial charge on any atom is -0.496 e. The number of anilines is 1. The van der Waals surface area contributed by atoms with Gasteiger partial charge in [0.25, 0.3) is 5.91 Å². The molecular weight excluding hydrogens is 448 g/mol. The first-order chi connectivity index (χ1) is 14.0. The number of hydrogen-bond donors (Lipinski definition) is 2. The molecule has 0 saturated carbocycles. The van der Waals surface area contributed by atoms with E-state index in [0.29, 0.717) is 15.8 Å². The lowest BCUT2D eigenvalue weighted by molar-refractivity contribution is 0.0977. The number of nitrogens with one attached hydrogen (secondary N) is 2. The molecule has 146 valence electrons. The Morgan fingerprint density at radius 2 is 1.62 bits per heavy atom. The maximum Gasteiger partial charge on any atom is 0.257 e. The van der Waals surface area contributed by atoms with Crippen LogP contribution in [0.2, 0.25) is 0 Å². The van der Waals surface area contributed by atoms with E-state index in [1.54, 1.807) is 25.3 Å². The SMILES string of the molecule is COc1ccc(C(=O)NC(=S)Nc2ccc(/C=C/c3ccccc3)cc2)cc1Br. The van der Waals surface area contributed by atoms with Gasteiger partial charge in [-0.2, -0.15) is 0 Å². The minimum atomic E-state index is -0.298. The van der Waals surface area contributed by atoms with Gasteiger partial charge in [-0.3, -0.25) is 10.1 Å². The fourth-order valence-electron chi connectivity index (χ4n) is 2.58. The van der Waals surface area contributed by atoms with Crippen LogP contribution in [-0.2, 0) is 0 Å². The van der Waals surface area contributed by atoms with Crippen LogP contribution < -0.4 is 15.4 Å². The van der Waals surface area contributed by atoms with Gasteiger partial charge in [0.2, 0.25) is 0 Å². The fraction of sp³-hybridized carbons (Fsp3) is 0.0435. The number of amides is 1. The Morgan fingerprint density at radius 1 is 0.966 bits per heavy atom. The second-order valence-electron chi connectivity index (χ2n) is 6.12. The Morgan fingerprint density at radius 3 is 2.24 bits per heavy atom. The summed E-state index contributed by atoms with van der Waals surface area (Å²) in [7, 11) is 1.57. The molecular formula is C23H19BrN2O2S. The topological polar surface area (TPSA) is 50.4 Å². The van der Waals surface area contributed by atoms with E-state index < -0.39 is 0 Å². The van der Waals surface area contributed by atoms with E-state index in [9.17, 15) is 4.79 Å². The van der Waals surface area contributed by atoms with Gasteiger partial charge in [-0.1, -0.05) is 54.6 Å². The average Bonchev–Trinajstić information content (AvgIpc) is 2.74. The van der Waals surface area contributed by atoms with Crippen molar-refractivity contribution in [1.82, 2.24) is 5.32 Å². The zero-order valence-corrected chi connectivity index (χ0v) is 18.1. The van der Waals surface area contributed by atoms with Gasteiger partial charge >= 0.3 is 0 Å². The van der Waals surface area contributed by atoms with Gasteiger partial charge in [0.1, 0.15) is 5.75 Å². The van der Waals surface area contributed by atoms with Crippen molar-refractivity contribution in [3.8, 4) is 5.75 Å². The highest BCUT2D eigenvalue weighted by molar-refractivity contribution is 9.10. The van der Waals surface area contributed by atoms with Crippen molar-refractivity contribution >= 4 is 57.0 Å². The monoisotopic (exact) mass is 466 g/mol. The molecule has 0 saturated heterocycles. The highest BCUT2D eigenvalue weighted by Crippen LogP contribution is 2.25. The number of methoxy groups -OCH3 is 1. The summed E-state index contributed by atoms with van der Waals surface area (Å²) < 4.78 is 5.87. The molecule has 0 bridgehead atoms. The molecule has 3 aromatic carbocycles. The van der Waals surface area contributed by atoms with Crippen LogP contribution in [0.1, 0.15) is 21.5 Å². The Labute approximate surface area is 183 Å². The molecule has 0 atom stereocenters. The first-order valence-electron chi connectivity index (χ1n) is 8.84. The molecule has 0 unspecified atom stereocenters. The summed E-state index contributed by atoms with van der Waals surface area (Å²) in [6.45, 7) is 0. The Bertz CT molecular complexity index is 1030. The molecule has 3 aromatic rings. The van der Waals surface area contributed by atoms with Gasteiger partial charge < -0.3 is 10.1 Å². The zero-order valence-electron chi connectivity index (χ0n) is 15.7. The van der Waals surface area contributed by atoms with E-state index in [0.717, 1.165) is 16.8 Å². The molecule has 0 aliphatic carbocycles. The van der Waals surface area contributed by atoms with Gasteiger partial charge in [-0.25, -0.2) is 0 Å². The summed E-state index contributed by atoms with van der Waals surface area (Å²) in [5.74, 6) is 0.358. The van der Waals surface area contributed by atoms with E-state index in [2.05, 4.69) is 44.8 Å². The normalized spacial score (nSPS) is 10.6. The zero-order chi connectivity index (χ0) is 20.6. The van der Waals surface area contributed by atoms with Crippen LogP contribution in [0.5, 0.6) is 5.75 Å². The molecule has 4 nitrogen and oxygen atoms in total. The first-order valence-corrected chi connectivity index (χ1v) is 10.0. The second-order valence-corrected chi connectivity index (χ2v) is 7.39. The van der Waals surface area contributed by atoms with Crippen LogP contribution in [0, 0.1) is 0 Å². The Balaban J connectivity index is 1.57. The third-order valence-corrected chi connectivity index (χ3v) is 4.90. The van der Waals surface area contributed by atoms with Crippen molar-refractivity contribution in [1.29, 1.82) is 0 Å². The van der Waals surface area contributed by atoms with Crippen molar-refractivity contribution in [2.75, 3.05) is 12.4 Å². The maximum absolute atomic E-state index is 12.4. The van der Waals surface area contributed by atoms with Crippen LogP contribution >= 0.6 is 28.1 Å². The molecule has 0 heterocycles. The molecule has 0 aliphatic heterocycles. The van der Waals surface area contributed by atoms with Crippen LogP contribution in [0.15, 0.2) is 77.3 Å². The molecule has 0 radical (unpaired) electrons. The Kier molecular flexibility index (Phi) is 7.16. The number of hydrogen-bond acceptors (Lipinski definition) is 3. The van der Waals surface area contributed by atoms with Crippen LogP contribution in [0.3, 0.4) is 0 Å². The van der Waals surface area contributed by atoms with Crippen LogP contribution in [0.25, 0.3) is 12.2 Å². The fourth-order valence-corrected chi connectivity index (χ4v) is 3.33. The first kappa shape index (κ1) is 20.8. The van der Waals surface area contributed by atoms with Crippen molar-refractivity contribution in [2.24, 2.45) is 0 Å². The van der Waals surface area contributed by atoms with E-state index in [1.807, 2.05) is 48.5 Å². The standard InChI is InChI=1S/C23H19BrN2O2S/c1-28-21-14-11-18(15-20(21)24)22(27)26-23(29)25-19-12-9-17(10-13-19)8-7-16-5-3-2-4-6-16/h2-15H,1H3,(H2,25,26,27,29)/b8-7+. The number of ether oxygens (including phenoxy) is 1. The predicted molar refractivity (Wildman–Crippen MR) is 126 cm³/mol. The quantitative estimate of drug-likeness (QED) is 0.370. The van der Waals surface area contributed by atoms with Gasteiger partial charge in [0.15, 0.2) is 5.11 Å². The second kappa shape index (κ2) is 10.0. The Hall–Kier alpha value is -2.96. The highest BCUT2D eigenvalue weighted by atomic mass is 79.9. The molecule has 0 aromatic heterocycles. The molecule has 0 fully saturated rings. The van der Waals surface area contributed by atoms with E-state index in [4.69, 9.17) is 17.0 Å². The summed E-state index contributed by atoms with van der Waals surface area (Å²) in [4.78, 5) is 12.4. The van der Waals surface area contributed by atoms with Crippen molar-refractivity contribution in [3.05, 3.63) is 94.0 Å². The van der Waals surface area contributed by atoms with Crippen LogP contribution in [-0.4, -0.2) is 18.1 Å². The summed E-state index contributed by atoms with van der Waals surface area (Å²) in [6.07, 6.45) is 4.10. The molecule has 0 aliphatic rings. The number of rotatable bonds is 5. The predicted octanol–water partition coefficient (Wildman–Crippen LogP) is 5.75. The summed E-state index contributed by atoms with van der Waals surface area (Å²) in [5, 5.41) is 5.93. The molecule has 3 rings (SSSR count). The van der Waals surface area contributed by atoms with E-state index in [-0.39, 0.29) is 11.0 Å². The highest BCUT2D eigenvalue weighted by Gasteiger charge is 2.10. The number of carbonyl (C=O) groups is 1. The average molecular weight is 467 g/mol. The van der Waals surface area contributed by atoms with Gasteiger partial charge in [0.05, 0.1) is 11.6 Å². The lowest BCUT2D eigenvalue weighted by atomic mass is 10.1. The lowest BCUT2D eigenvalue weighted by Crippen LogP contribution is -2.34. The van der Waals surface area contributed by atoms with Crippen molar-refractivity contribution in [2.45, 2.75) is 0 Å². The largest absolute Gasteiger partial charge is 0.496 e. The third kappa shape index (κ3) is 6.01.